The van der Waals surface area contributed by atoms with Crippen LogP contribution in [0.25, 0.3) is 11.1 Å². The third kappa shape index (κ3) is 3.36. The summed E-state index contributed by atoms with van der Waals surface area (Å²) in [5, 5.41) is 0. The van der Waals surface area contributed by atoms with E-state index in [1.165, 1.54) is 0 Å². The lowest BCUT2D eigenvalue weighted by Gasteiger charge is -2.34. The number of oxazole rings is 1. The molecule has 0 atom stereocenters. The minimum atomic E-state index is 0.0909. The molecule has 122 valence electrons. The minimum absolute atomic E-state index is 0.0909. The predicted octanol–water partition coefficient (Wildman–Crippen LogP) is 1.76. The normalized spacial score (nSPS) is 15.2. The van der Waals surface area contributed by atoms with Crippen molar-refractivity contribution in [2.24, 2.45) is 0 Å². The van der Waals surface area contributed by atoms with Gasteiger partial charge in [0.15, 0.2) is 11.5 Å². The molecule has 2 heterocycles. The Morgan fingerprint density at radius 2 is 1.78 bits per heavy atom. The fourth-order valence-electron chi connectivity index (χ4n) is 2.91. The van der Waals surface area contributed by atoms with Crippen LogP contribution in [0.15, 0.2) is 22.6 Å². The highest BCUT2D eigenvalue weighted by molar-refractivity contribution is 5.82. The van der Waals surface area contributed by atoms with E-state index >= 15 is 0 Å². The van der Waals surface area contributed by atoms with Gasteiger partial charge in [-0.2, -0.15) is 0 Å². The number of aryl methyl sites for hydroxylation is 1. The van der Waals surface area contributed by atoms with Crippen LogP contribution in [-0.4, -0.2) is 52.8 Å². The Morgan fingerprint density at radius 1 is 1.13 bits per heavy atom. The van der Waals surface area contributed by atoms with Crippen LogP contribution in [0.1, 0.15) is 24.8 Å². The molecule has 0 bridgehead atoms. The van der Waals surface area contributed by atoms with Crippen LogP contribution in [-0.2, 0) is 16.0 Å². The molecule has 6 nitrogen and oxygen atoms in total. The quantitative estimate of drug-likeness (QED) is 0.865. The number of nitrogens with zero attached hydrogens (tertiary/aromatic N) is 3. The standard InChI is InChI=1S/C17H21N3O3/c1-3-16(21)19-6-8-20(9-7-19)17(22)11-13-4-5-15-14(10-13)18-12(2)23-15/h4-5,10H,3,6-9,11H2,1-2H3. The smallest absolute Gasteiger partial charge is 0.227 e. The van der Waals surface area contributed by atoms with Crippen LogP contribution in [0.5, 0.6) is 0 Å². The molecule has 3 rings (SSSR count). The molecule has 23 heavy (non-hydrogen) atoms. The zero-order chi connectivity index (χ0) is 16.4. The zero-order valence-corrected chi connectivity index (χ0v) is 13.5. The maximum Gasteiger partial charge on any atom is 0.227 e. The summed E-state index contributed by atoms with van der Waals surface area (Å²) in [5.74, 6) is 0.873. The molecule has 0 N–H and O–H groups in total. The van der Waals surface area contributed by atoms with Crippen molar-refractivity contribution in [2.45, 2.75) is 26.7 Å². The van der Waals surface area contributed by atoms with Gasteiger partial charge in [0.05, 0.1) is 6.42 Å². The molecule has 6 heteroatoms. The number of hydrogen-bond donors (Lipinski definition) is 0. The van der Waals surface area contributed by atoms with Crippen molar-refractivity contribution >= 4 is 22.9 Å². The van der Waals surface area contributed by atoms with E-state index in [1.54, 1.807) is 0 Å². The molecular weight excluding hydrogens is 294 g/mol. The average molecular weight is 315 g/mol. The number of amides is 2. The van der Waals surface area contributed by atoms with E-state index in [0.29, 0.717) is 44.9 Å². The number of fused-ring (bicyclic) bond motifs is 1. The van der Waals surface area contributed by atoms with Crippen molar-refractivity contribution in [3.63, 3.8) is 0 Å². The first-order chi connectivity index (χ1) is 11.1. The van der Waals surface area contributed by atoms with E-state index in [9.17, 15) is 9.59 Å². The van der Waals surface area contributed by atoms with Gasteiger partial charge >= 0.3 is 0 Å². The summed E-state index contributed by atoms with van der Waals surface area (Å²) in [5.41, 5.74) is 2.46. The molecule has 1 fully saturated rings. The van der Waals surface area contributed by atoms with E-state index in [2.05, 4.69) is 4.98 Å². The maximum absolute atomic E-state index is 12.4. The molecule has 1 aromatic heterocycles. The second kappa shape index (κ2) is 6.40. The molecule has 1 aromatic carbocycles. The first-order valence-electron chi connectivity index (χ1n) is 7.98. The Kier molecular flexibility index (Phi) is 4.32. The fraction of sp³-hybridized carbons (Fsp3) is 0.471. The first kappa shape index (κ1) is 15.5. The van der Waals surface area contributed by atoms with Crippen LogP contribution >= 0.6 is 0 Å². The van der Waals surface area contributed by atoms with Crippen molar-refractivity contribution in [1.29, 1.82) is 0 Å². The summed E-state index contributed by atoms with van der Waals surface area (Å²) in [7, 11) is 0. The summed E-state index contributed by atoms with van der Waals surface area (Å²) >= 11 is 0. The van der Waals surface area contributed by atoms with E-state index in [0.717, 1.165) is 16.7 Å². The summed E-state index contributed by atoms with van der Waals surface area (Å²) in [6.45, 7) is 6.13. The number of benzene rings is 1. The van der Waals surface area contributed by atoms with E-state index in [4.69, 9.17) is 4.42 Å². The largest absolute Gasteiger partial charge is 0.441 e. The van der Waals surface area contributed by atoms with Crippen molar-refractivity contribution in [3.8, 4) is 0 Å². The van der Waals surface area contributed by atoms with Gasteiger partial charge in [-0.3, -0.25) is 9.59 Å². The Hall–Kier alpha value is -2.37. The highest BCUT2D eigenvalue weighted by Crippen LogP contribution is 2.17. The number of rotatable bonds is 3. The highest BCUT2D eigenvalue weighted by Gasteiger charge is 2.23. The summed E-state index contributed by atoms with van der Waals surface area (Å²) in [4.78, 5) is 32.1. The predicted molar refractivity (Wildman–Crippen MR) is 85.9 cm³/mol. The molecule has 0 radical (unpaired) electrons. The second-order valence-electron chi connectivity index (χ2n) is 5.83. The fourth-order valence-corrected chi connectivity index (χ4v) is 2.91. The number of piperazine rings is 1. The van der Waals surface area contributed by atoms with Gasteiger partial charge in [0, 0.05) is 39.5 Å². The Morgan fingerprint density at radius 3 is 2.43 bits per heavy atom. The molecule has 1 aliphatic rings. The summed E-state index contributed by atoms with van der Waals surface area (Å²) in [6.07, 6.45) is 0.870. The molecule has 1 saturated heterocycles. The zero-order valence-electron chi connectivity index (χ0n) is 13.5. The van der Waals surface area contributed by atoms with E-state index < -0.39 is 0 Å². The third-order valence-electron chi connectivity index (χ3n) is 4.20. The Bertz CT molecular complexity index is 730. The molecule has 0 unspecified atom stereocenters. The number of aromatic nitrogens is 1. The Balaban J connectivity index is 1.61. The van der Waals surface area contributed by atoms with Gasteiger partial charge in [0.2, 0.25) is 11.8 Å². The molecule has 0 spiro atoms. The first-order valence-corrected chi connectivity index (χ1v) is 7.98. The Labute approximate surface area is 135 Å². The number of carbonyl (C=O) groups is 2. The van der Waals surface area contributed by atoms with Gasteiger partial charge in [-0.25, -0.2) is 4.98 Å². The number of carbonyl (C=O) groups excluding carboxylic acids is 2. The van der Waals surface area contributed by atoms with Gasteiger partial charge < -0.3 is 14.2 Å². The van der Waals surface area contributed by atoms with Crippen LogP contribution in [0.3, 0.4) is 0 Å². The van der Waals surface area contributed by atoms with Gasteiger partial charge in [-0.05, 0) is 17.7 Å². The molecule has 1 aliphatic heterocycles. The van der Waals surface area contributed by atoms with Crippen LogP contribution in [0, 0.1) is 6.92 Å². The summed E-state index contributed by atoms with van der Waals surface area (Å²) in [6, 6.07) is 5.66. The molecule has 0 aliphatic carbocycles. The lowest BCUT2D eigenvalue weighted by molar-refractivity contribution is -0.139. The van der Waals surface area contributed by atoms with Crippen molar-refractivity contribution < 1.29 is 14.0 Å². The average Bonchev–Trinajstić information content (AvgIpc) is 2.93. The van der Waals surface area contributed by atoms with Crippen molar-refractivity contribution in [3.05, 3.63) is 29.7 Å². The van der Waals surface area contributed by atoms with Gasteiger partial charge in [-0.1, -0.05) is 13.0 Å². The maximum atomic E-state index is 12.4. The van der Waals surface area contributed by atoms with Gasteiger partial charge in [0.25, 0.3) is 0 Å². The van der Waals surface area contributed by atoms with Crippen LogP contribution in [0.4, 0.5) is 0 Å². The third-order valence-corrected chi connectivity index (χ3v) is 4.20. The monoisotopic (exact) mass is 315 g/mol. The van der Waals surface area contributed by atoms with E-state index in [-0.39, 0.29) is 11.8 Å². The van der Waals surface area contributed by atoms with Crippen molar-refractivity contribution in [2.75, 3.05) is 26.2 Å². The second-order valence-corrected chi connectivity index (χ2v) is 5.83. The lowest BCUT2D eigenvalue weighted by atomic mass is 10.1. The lowest BCUT2D eigenvalue weighted by Crippen LogP contribution is -2.50. The van der Waals surface area contributed by atoms with Crippen LogP contribution in [0.2, 0.25) is 0 Å². The highest BCUT2D eigenvalue weighted by atomic mass is 16.3. The van der Waals surface area contributed by atoms with Gasteiger partial charge in [0.1, 0.15) is 5.52 Å². The molecule has 2 amide bonds. The van der Waals surface area contributed by atoms with Crippen LogP contribution < -0.4 is 0 Å². The summed E-state index contributed by atoms with van der Waals surface area (Å²) < 4.78 is 5.45. The topological polar surface area (TPSA) is 66.7 Å². The SMILES string of the molecule is CCC(=O)N1CCN(C(=O)Cc2ccc3oc(C)nc3c2)CC1. The van der Waals surface area contributed by atoms with Gasteiger partial charge in [-0.15, -0.1) is 0 Å². The number of hydrogen-bond acceptors (Lipinski definition) is 4. The minimum Gasteiger partial charge on any atom is -0.441 e. The van der Waals surface area contributed by atoms with Crippen molar-refractivity contribution in [1.82, 2.24) is 14.8 Å². The molecular formula is C17H21N3O3. The molecule has 2 aromatic rings. The van der Waals surface area contributed by atoms with E-state index in [1.807, 2.05) is 41.8 Å². The molecule has 0 saturated carbocycles.